The highest BCUT2D eigenvalue weighted by Gasteiger charge is 2.35. The third kappa shape index (κ3) is 3.95. The van der Waals surface area contributed by atoms with Crippen LogP contribution in [-0.2, 0) is 4.74 Å². The summed E-state index contributed by atoms with van der Waals surface area (Å²) in [6.07, 6.45) is -1.37. The highest BCUT2D eigenvalue weighted by atomic mass is 35.5. The third-order valence-corrected chi connectivity index (χ3v) is 1.21. The Hall–Kier alpha value is 0.0400. The topological polar surface area (TPSA) is 9.23 Å². The second-order valence-corrected chi connectivity index (χ2v) is 2.87. The van der Waals surface area contributed by atoms with Crippen molar-refractivity contribution in [3.8, 4) is 0 Å². The third-order valence-electron chi connectivity index (χ3n) is 0.804. The molecule has 5 heteroatoms. The van der Waals surface area contributed by atoms with Gasteiger partial charge in [-0.3, -0.25) is 0 Å². The maximum atomic E-state index is 12.1. The molecule has 0 fully saturated rings. The minimum absolute atomic E-state index is 0.0628. The standard InChI is InChI=1S/C5H7ClF2OS/c1-3(5(6,7)8)9-4(2)10/h3H,1-2H3. The molecule has 1 unspecified atom stereocenters. The summed E-state index contributed by atoms with van der Waals surface area (Å²) in [6.45, 7) is 2.57. The first-order valence-electron chi connectivity index (χ1n) is 2.58. The molecule has 0 saturated carbocycles. The Morgan fingerprint density at radius 3 is 2.20 bits per heavy atom. The van der Waals surface area contributed by atoms with Crippen molar-refractivity contribution in [1.82, 2.24) is 0 Å². The van der Waals surface area contributed by atoms with Crippen LogP contribution in [0, 0.1) is 0 Å². The van der Waals surface area contributed by atoms with Gasteiger partial charge in [0, 0.05) is 6.92 Å². The summed E-state index contributed by atoms with van der Waals surface area (Å²) in [7, 11) is 0. The van der Waals surface area contributed by atoms with Crippen molar-refractivity contribution < 1.29 is 13.5 Å². The predicted octanol–water partition coefficient (Wildman–Crippen LogP) is 2.57. The molecule has 0 bridgehead atoms. The maximum absolute atomic E-state index is 12.1. The Kier molecular flexibility index (Phi) is 3.45. The number of hydrogen-bond donors (Lipinski definition) is 0. The van der Waals surface area contributed by atoms with Gasteiger partial charge in [-0.2, -0.15) is 8.78 Å². The summed E-state index contributed by atoms with van der Waals surface area (Å²) in [5.41, 5.74) is 0. The molecule has 1 nitrogen and oxygen atoms in total. The summed E-state index contributed by atoms with van der Waals surface area (Å²) in [5.74, 6) is 0. The molecular weight excluding hydrogens is 182 g/mol. The van der Waals surface area contributed by atoms with Crippen LogP contribution in [0.1, 0.15) is 13.8 Å². The molecule has 0 aromatic carbocycles. The fourth-order valence-electron chi connectivity index (χ4n) is 0.316. The van der Waals surface area contributed by atoms with Gasteiger partial charge in [0.2, 0.25) is 0 Å². The van der Waals surface area contributed by atoms with Gasteiger partial charge in [0.1, 0.15) is 0 Å². The Morgan fingerprint density at radius 1 is 1.70 bits per heavy atom. The first-order valence-corrected chi connectivity index (χ1v) is 3.36. The molecule has 0 radical (unpaired) electrons. The smallest absolute Gasteiger partial charge is 0.357 e. The van der Waals surface area contributed by atoms with E-state index in [2.05, 4.69) is 28.6 Å². The molecule has 0 heterocycles. The summed E-state index contributed by atoms with van der Waals surface area (Å²) < 4.78 is 28.6. The van der Waals surface area contributed by atoms with Crippen molar-refractivity contribution in [3.05, 3.63) is 0 Å². The largest absolute Gasteiger partial charge is 0.477 e. The zero-order valence-electron chi connectivity index (χ0n) is 5.53. The van der Waals surface area contributed by atoms with E-state index >= 15 is 0 Å². The zero-order chi connectivity index (χ0) is 8.36. The van der Waals surface area contributed by atoms with E-state index in [9.17, 15) is 8.78 Å². The zero-order valence-corrected chi connectivity index (χ0v) is 7.10. The number of thiocarbonyl (C=S) groups is 1. The molecule has 1 atom stereocenters. The van der Waals surface area contributed by atoms with Crippen LogP contribution in [0.2, 0.25) is 0 Å². The van der Waals surface area contributed by atoms with E-state index in [0.717, 1.165) is 6.92 Å². The van der Waals surface area contributed by atoms with Crippen molar-refractivity contribution in [2.45, 2.75) is 25.3 Å². The molecular formula is C5H7ClF2OS. The van der Waals surface area contributed by atoms with Gasteiger partial charge in [0.05, 0.1) is 0 Å². The molecule has 0 aromatic rings. The van der Waals surface area contributed by atoms with Crippen LogP contribution in [0.15, 0.2) is 0 Å². The van der Waals surface area contributed by atoms with E-state index in [0.29, 0.717) is 0 Å². The minimum atomic E-state index is -3.35. The van der Waals surface area contributed by atoms with E-state index < -0.39 is 11.5 Å². The Balaban J connectivity index is 3.85. The van der Waals surface area contributed by atoms with E-state index in [1.165, 1.54) is 6.92 Å². The molecule has 0 saturated heterocycles. The predicted molar refractivity (Wildman–Crippen MR) is 39.6 cm³/mol. The molecule has 0 N–H and O–H groups in total. The van der Waals surface area contributed by atoms with E-state index in [-0.39, 0.29) is 5.05 Å². The van der Waals surface area contributed by atoms with Crippen molar-refractivity contribution >= 4 is 28.9 Å². The number of hydrogen-bond acceptors (Lipinski definition) is 2. The van der Waals surface area contributed by atoms with E-state index in [1.54, 1.807) is 0 Å². The molecule has 0 amide bonds. The normalized spacial score (nSPS) is 14.5. The van der Waals surface area contributed by atoms with Gasteiger partial charge < -0.3 is 4.74 Å². The fourth-order valence-corrected chi connectivity index (χ4v) is 0.505. The van der Waals surface area contributed by atoms with Crippen molar-refractivity contribution in [2.75, 3.05) is 0 Å². The second kappa shape index (κ2) is 3.44. The fraction of sp³-hybridized carbons (Fsp3) is 0.800. The number of halogens is 3. The first kappa shape index (κ1) is 10.0. The second-order valence-electron chi connectivity index (χ2n) is 1.79. The van der Waals surface area contributed by atoms with Crippen LogP contribution in [0.25, 0.3) is 0 Å². The highest BCUT2D eigenvalue weighted by molar-refractivity contribution is 7.80. The molecule has 0 aromatic heterocycles. The molecule has 10 heavy (non-hydrogen) atoms. The van der Waals surface area contributed by atoms with E-state index in [4.69, 9.17) is 0 Å². The van der Waals surface area contributed by atoms with Crippen LogP contribution in [-0.4, -0.2) is 16.5 Å². The Bertz CT molecular complexity index is 134. The van der Waals surface area contributed by atoms with Gasteiger partial charge in [0.25, 0.3) is 0 Å². The van der Waals surface area contributed by atoms with Crippen LogP contribution in [0.5, 0.6) is 0 Å². The number of rotatable bonds is 2. The number of alkyl halides is 3. The average molecular weight is 189 g/mol. The van der Waals surface area contributed by atoms with Gasteiger partial charge in [-0.1, -0.05) is 0 Å². The van der Waals surface area contributed by atoms with Crippen molar-refractivity contribution in [2.24, 2.45) is 0 Å². The molecule has 0 aliphatic heterocycles. The lowest BCUT2D eigenvalue weighted by molar-refractivity contribution is -0.0209. The van der Waals surface area contributed by atoms with Gasteiger partial charge >= 0.3 is 5.38 Å². The van der Waals surface area contributed by atoms with Crippen LogP contribution >= 0.6 is 23.8 Å². The van der Waals surface area contributed by atoms with Crippen LogP contribution in [0.3, 0.4) is 0 Å². The van der Waals surface area contributed by atoms with E-state index in [1.807, 2.05) is 0 Å². The average Bonchev–Trinajstić information content (AvgIpc) is 1.60. The SMILES string of the molecule is CC(=S)OC(C)C(F)(F)Cl. The molecule has 0 rings (SSSR count). The monoisotopic (exact) mass is 188 g/mol. The van der Waals surface area contributed by atoms with Gasteiger partial charge in [-0.05, 0) is 30.7 Å². The lowest BCUT2D eigenvalue weighted by atomic mass is 10.4. The van der Waals surface area contributed by atoms with Gasteiger partial charge in [0.15, 0.2) is 11.2 Å². The number of ether oxygens (including phenoxy) is 1. The molecule has 0 aliphatic carbocycles. The summed E-state index contributed by atoms with van der Waals surface area (Å²) in [6, 6.07) is 0. The highest BCUT2D eigenvalue weighted by Crippen LogP contribution is 2.25. The summed E-state index contributed by atoms with van der Waals surface area (Å²) >= 11 is 9.04. The Morgan fingerprint density at radius 2 is 2.10 bits per heavy atom. The lowest BCUT2D eigenvalue weighted by Gasteiger charge is -2.17. The Labute approximate surface area is 68.3 Å². The van der Waals surface area contributed by atoms with Crippen LogP contribution in [0.4, 0.5) is 8.78 Å². The van der Waals surface area contributed by atoms with Crippen molar-refractivity contribution in [1.29, 1.82) is 0 Å². The quantitative estimate of drug-likeness (QED) is 0.487. The van der Waals surface area contributed by atoms with Crippen LogP contribution < -0.4 is 0 Å². The molecule has 0 spiro atoms. The summed E-state index contributed by atoms with van der Waals surface area (Å²) in [4.78, 5) is 0. The maximum Gasteiger partial charge on any atom is 0.357 e. The molecule has 0 aliphatic rings. The molecule has 60 valence electrons. The van der Waals surface area contributed by atoms with Gasteiger partial charge in [-0.15, -0.1) is 0 Å². The van der Waals surface area contributed by atoms with Crippen molar-refractivity contribution in [3.63, 3.8) is 0 Å². The summed E-state index contributed by atoms with van der Waals surface area (Å²) in [5, 5.41) is -3.28. The first-order chi connectivity index (χ1) is 4.34. The van der Waals surface area contributed by atoms with Gasteiger partial charge in [-0.25, -0.2) is 0 Å². The lowest BCUT2D eigenvalue weighted by Crippen LogP contribution is -2.28. The minimum Gasteiger partial charge on any atom is -0.477 e.